The van der Waals surface area contributed by atoms with Crippen LogP contribution in [0.15, 0.2) is 41.7 Å². The van der Waals surface area contributed by atoms with Crippen molar-refractivity contribution in [2.45, 2.75) is 5.16 Å². The van der Waals surface area contributed by atoms with Crippen LogP contribution in [0.4, 0.5) is 4.39 Å². The normalized spacial score (nSPS) is 10.1. The van der Waals surface area contributed by atoms with E-state index in [1.54, 1.807) is 24.4 Å². The molecule has 0 aliphatic carbocycles. The third-order valence-corrected chi connectivity index (χ3v) is 1.97. The zero-order valence-corrected chi connectivity index (χ0v) is 7.96. The predicted molar refractivity (Wildman–Crippen MR) is 53.1 cm³/mol. The number of rotatable bonds is 1. The van der Waals surface area contributed by atoms with Gasteiger partial charge in [-0.3, -0.25) is 9.97 Å². The number of aromatic nitrogens is 2. The largest absolute Gasteiger partial charge is 0.740 e. The molecule has 1 aromatic carbocycles. The highest BCUT2D eigenvalue weighted by Crippen LogP contribution is 2.16. The summed E-state index contributed by atoms with van der Waals surface area (Å²) in [5.74, 6) is -0.263. The van der Waals surface area contributed by atoms with E-state index < -0.39 is 0 Å². The molecule has 0 unspecified atom stereocenters. The van der Waals surface area contributed by atoms with E-state index in [0.29, 0.717) is 10.9 Å². The summed E-state index contributed by atoms with van der Waals surface area (Å²) in [5.41, 5.74) is 1.55. The van der Waals surface area contributed by atoms with Crippen molar-refractivity contribution in [1.82, 2.24) is 9.97 Å². The first-order chi connectivity index (χ1) is 6.75. The molecule has 0 saturated heterocycles. The van der Waals surface area contributed by atoms with E-state index in [4.69, 9.17) is 12.6 Å². The summed E-state index contributed by atoms with van der Waals surface area (Å²) in [6, 6.07) is 7.84. The highest BCUT2D eigenvalue weighted by atomic mass is 32.1. The molecule has 0 fully saturated rings. The molecule has 1 heterocycles. The fourth-order valence-corrected chi connectivity index (χ4v) is 1.28. The average Bonchev–Trinajstić information content (AvgIpc) is 2.19. The Hall–Kier alpha value is -1.55. The molecule has 0 radical (unpaired) electrons. The molecule has 0 amide bonds. The Morgan fingerprint density at radius 3 is 2.43 bits per heavy atom. The third-order valence-electron chi connectivity index (χ3n) is 1.77. The number of benzene rings is 1. The van der Waals surface area contributed by atoms with E-state index in [1.807, 2.05) is 0 Å². The first kappa shape index (κ1) is 9.02. The SMILES string of the molecule is Fc1ccc(-c2ccnc([S-])n2)cc1. The van der Waals surface area contributed by atoms with Gasteiger partial charge in [0, 0.05) is 16.9 Å². The molecule has 2 rings (SSSR count). The lowest BCUT2D eigenvalue weighted by Crippen LogP contribution is -1.89. The smallest absolute Gasteiger partial charge is 0.123 e. The maximum Gasteiger partial charge on any atom is 0.123 e. The summed E-state index contributed by atoms with van der Waals surface area (Å²) in [6.07, 6.45) is 1.59. The zero-order valence-electron chi connectivity index (χ0n) is 7.14. The topological polar surface area (TPSA) is 25.8 Å². The van der Waals surface area contributed by atoms with Crippen molar-refractivity contribution in [3.8, 4) is 11.3 Å². The van der Waals surface area contributed by atoms with Crippen LogP contribution in [-0.4, -0.2) is 9.97 Å². The van der Waals surface area contributed by atoms with Gasteiger partial charge in [0.05, 0.1) is 5.69 Å². The lowest BCUT2D eigenvalue weighted by Gasteiger charge is -2.05. The van der Waals surface area contributed by atoms with Crippen molar-refractivity contribution in [2.75, 3.05) is 0 Å². The molecule has 4 heteroatoms. The monoisotopic (exact) mass is 205 g/mol. The summed E-state index contributed by atoms with van der Waals surface area (Å²) in [5, 5.41) is 0.298. The van der Waals surface area contributed by atoms with Crippen LogP contribution in [0.1, 0.15) is 0 Å². The Kier molecular flexibility index (Phi) is 2.37. The maximum absolute atomic E-state index is 12.6. The highest BCUT2D eigenvalue weighted by Gasteiger charge is 1.97. The lowest BCUT2D eigenvalue weighted by atomic mass is 10.1. The van der Waals surface area contributed by atoms with Gasteiger partial charge in [0.2, 0.25) is 0 Å². The second kappa shape index (κ2) is 3.67. The summed E-state index contributed by atoms with van der Waals surface area (Å²) in [4.78, 5) is 7.87. The standard InChI is InChI=1S/C10H7FN2S/c11-8-3-1-7(2-4-8)9-5-6-12-10(14)13-9/h1-6H,(H,12,13,14)/p-1. The number of halogens is 1. The van der Waals surface area contributed by atoms with Gasteiger partial charge in [-0.15, -0.1) is 0 Å². The van der Waals surface area contributed by atoms with Gasteiger partial charge in [-0.25, -0.2) is 4.39 Å². The van der Waals surface area contributed by atoms with Gasteiger partial charge in [-0.1, -0.05) is 0 Å². The molecule has 2 aromatic rings. The van der Waals surface area contributed by atoms with E-state index in [2.05, 4.69) is 9.97 Å². The quantitative estimate of drug-likeness (QED) is 0.527. The van der Waals surface area contributed by atoms with E-state index in [9.17, 15) is 4.39 Å². The van der Waals surface area contributed by atoms with E-state index in [-0.39, 0.29) is 5.82 Å². The van der Waals surface area contributed by atoms with Crippen LogP contribution in [-0.2, 0) is 12.6 Å². The molecule has 0 saturated carbocycles. The van der Waals surface area contributed by atoms with Crippen molar-refractivity contribution in [2.24, 2.45) is 0 Å². The van der Waals surface area contributed by atoms with Gasteiger partial charge in [-0.05, 0) is 30.3 Å². The van der Waals surface area contributed by atoms with Crippen molar-refractivity contribution >= 4 is 12.6 Å². The van der Waals surface area contributed by atoms with Crippen LogP contribution in [0, 0.1) is 5.82 Å². The van der Waals surface area contributed by atoms with Gasteiger partial charge in [0.1, 0.15) is 5.82 Å². The summed E-state index contributed by atoms with van der Waals surface area (Å²) >= 11 is 4.83. The van der Waals surface area contributed by atoms with Gasteiger partial charge < -0.3 is 12.6 Å². The Balaban J connectivity index is 2.44. The van der Waals surface area contributed by atoms with Gasteiger partial charge in [-0.2, -0.15) is 0 Å². The van der Waals surface area contributed by atoms with Crippen molar-refractivity contribution < 1.29 is 4.39 Å². The fraction of sp³-hybridized carbons (Fsp3) is 0. The zero-order chi connectivity index (χ0) is 9.97. The Bertz CT molecular complexity index is 442. The lowest BCUT2D eigenvalue weighted by molar-refractivity contribution is 0.628. The average molecular weight is 205 g/mol. The van der Waals surface area contributed by atoms with Crippen LogP contribution in [0.25, 0.3) is 11.3 Å². The van der Waals surface area contributed by atoms with Crippen LogP contribution in [0.5, 0.6) is 0 Å². The molecular formula is C10H6FN2S-. The maximum atomic E-state index is 12.6. The fourth-order valence-electron chi connectivity index (χ4n) is 1.12. The molecule has 2 nitrogen and oxygen atoms in total. The second-order valence-electron chi connectivity index (χ2n) is 2.73. The van der Waals surface area contributed by atoms with Crippen molar-refractivity contribution in [3.63, 3.8) is 0 Å². The number of hydrogen-bond donors (Lipinski definition) is 0. The minimum Gasteiger partial charge on any atom is -0.740 e. The molecule has 0 aliphatic rings. The Labute approximate surface area is 86.2 Å². The van der Waals surface area contributed by atoms with Gasteiger partial charge in [0.15, 0.2) is 0 Å². The molecule has 0 aliphatic heterocycles. The van der Waals surface area contributed by atoms with Crippen molar-refractivity contribution in [1.29, 1.82) is 0 Å². The Morgan fingerprint density at radius 2 is 1.79 bits per heavy atom. The second-order valence-corrected chi connectivity index (χ2v) is 3.10. The van der Waals surface area contributed by atoms with Crippen LogP contribution < -0.4 is 0 Å². The molecule has 0 atom stereocenters. The van der Waals surface area contributed by atoms with E-state index >= 15 is 0 Å². The first-order valence-electron chi connectivity index (χ1n) is 4.02. The summed E-state index contributed by atoms with van der Waals surface area (Å²) in [6.45, 7) is 0. The van der Waals surface area contributed by atoms with Crippen LogP contribution >= 0.6 is 0 Å². The molecule has 0 spiro atoms. The molecular weight excluding hydrogens is 199 g/mol. The predicted octanol–water partition coefficient (Wildman–Crippen LogP) is 2.19. The summed E-state index contributed by atoms with van der Waals surface area (Å²) in [7, 11) is 0. The molecule has 70 valence electrons. The third kappa shape index (κ3) is 1.85. The first-order valence-corrected chi connectivity index (χ1v) is 4.42. The van der Waals surface area contributed by atoms with Crippen molar-refractivity contribution in [3.05, 3.63) is 42.3 Å². The van der Waals surface area contributed by atoms with Gasteiger partial charge >= 0.3 is 0 Å². The summed E-state index contributed by atoms with van der Waals surface area (Å²) < 4.78 is 12.6. The van der Waals surface area contributed by atoms with E-state index in [1.165, 1.54) is 12.1 Å². The minimum atomic E-state index is -0.263. The van der Waals surface area contributed by atoms with E-state index in [0.717, 1.165) is 5.56 Å². The number of nitrogens with zero attached hydrogens (tertiary/aromatic N) is 2. The number of hydrogen-bond acceptors (Lipinski definition) is 3. The Morgan fingerprint density at radius 1 is 1.07 bits per heavy atom. The highest BCUT2D eigenvalue weighted by molar-refractivity contribution is 7.58. The van der Waals surface area contributed by atoms with Crippen LogP contribution in [0.2, 0.25) is 0 Å². The molecule has 0 N–H and O–H groups in total. The minimum absolute atomic E-state index is 0.263. The molecule has 0 bridgehead atoms. The molecule has 1 aromatic heterocycles. The van der Waals surface area contributed by atoms with Crippen LogP contribution in [0.3, 0.4) is 0 Å². The molecule has 14 heavy (non-hydrogen) atoms. The van der Waals surface area contributed by atoms with Gasteiger partial charge in [0.25, 0.3) is 0 Å².